The lowest BCUT2D eigenvalue weighted by Crippen LogP contribution is -2.42. The third-order valence-electron chi connectivity index (χ3n) is 4.37. The first-order valence-electron chi connectivity index (χ1n) is 8.16. The second-order valence-electron chi connectivity index (χ2n) is 5.83. The molecule has 1 heterocycles. The molecule has 0 aliphatic carbocycles. The molecule has 1 aromatic heterocycles. The number of hydrogen-bond donors (Lipinski definition) is 2. The van der Waals surface area contributed by atoms with Crippen molar-refractivity contribution in [2.45, 2.75) is 78.3 Å². The molecular weight excluding hydrogens is 248 g/mol. The highest BCUT2D eigenvalue weighted by atomic mass is 15.3. The van der Waals surface area contributed by atoms with Gasteiger partial charge in [-0.3, -0.25) is 16.0 Å². The van der Waals surface area contributed by atoms with E-state index in [1.807, 2.05) is 0 Å². The minimum atomic E-state index is 0.326. The lowest BCUT2D eigenvalue weighted by Gasteiger charge is -2.25. The maximum absolute atomic E-state index is 5.78. The van der Waals surface area contributed by atoms with Crippen molar-refractivity contribution < 1.29 is 0 Å². The first kappa shape index (κ1) is 17.2. The van der Waals surface area contributed by atoms with Gasteiger partial charge in [-0.15, -0.1) is 0 Å². The van der Waals surface area contributed by atoms with Crippen LogP contribution >= 0.6 is 0 Å². The standard InChI is InChI=1S/C16H32N4/c1-5-8-9-14(7-3)16(18-17)12-15-10-11-20(19-15)13(4)6-2/h10-11,13-14,16,18H,5-9,12,17H2,1-4H3. The van der Waals surface area contributed by atoms with Crippen LogP contribution in [0.5, 0.6) is 0 Å². The Morgan fingerprint density at radius 3 is 2.60 bits per heavy atom. The summed E-state index contributed by atoms with van der Waals surface area (Å²) in [6.45, 7) is 8.88. The summed E-state index contributed by atoms with van der Waals surface area (Å²) in [5.41, 5.74) is 4.16. The number of rotatable bonds is 10. The zero-order valence-electron chi connectivity index (χ0n) is 13.6. The molecule has 0 radical (unpaired) electrons. The van der Waals surface area contributed by atoms with Crippen molar-refractivity contribution in [1.29, 1.82) is 0 Å². The molecule has 20 heavy (non-hydrogen) atoms. The van der Waals surface area contributed by atoms with Gasteiger partial charge in [0.15, 0.2) is 0 Å². The number of nitrogens with zero attached hydrogens (tertiary/aromatic N) is 2. The van der Waals surface area contributed by atoms with E-state index >= 15 is 0 Å². The van der Waals surface area contributed by atoms with E-state index in [4.69, 9.17) is 5.84 Å². The van der Waals surface area contributed by atoms with Crippen molar-refractivity contribution in [3.8, 4) is 0 Å². The fourth-order valence-corrected chi connectivity index (χ4v) is 2.66. The van der Waals surface area contributed by atoms with Crippen LogP contribution in [0.3, 0.4) is 0 Å². The van der Waals surface area contributed by atoms with Crippen LogP contribution in [0.4, 0.5) is 0 Å². The number of hydrazine groups is 1. The summed E-state index contributed by atoms with van der Waals surface area (Å²) in [5, 5.41) is 4.69. The molecule has 1 rings (SSSR count). The molecule has 3 atom stereocenters. The molecule has 0 saturated heterocycles. The van der Waals surface area contributed by atoms with E-state index in [1.165, 1.54) is 25.7 Å². The van der Waals surface area contributed by atoms with E-state index in [1.54, 1.807) is 0 Å². The van der Waals surface area contributed by atoms with Gasteiger partial charge in [0.25, 0.3) is 0 Å². The fourth-order valence-electron chi connectivity index (χ4n) is 2.66. The van der Waals surface area contributed by atoms with Gasteiger partial charge >= 0.3 is 0 Å². The van der Waals surface area contributed by atoms with Crippen molar-refractivity contribution in [3.63, 3.8) is 0 Å². The molecule has 0 amide bonds. The topological polar surface area (TPSA) is 55.9 Å². The largest absolute Gasteiger partial charge is 0.271 e. The summed E-state index contributed by atoms with van der Waals surface area (Å²) < 4.78 is 2.07. The van der Waals surface area contributed by atoms with Crippen LogP contribution in [0, 0.1) is 5.92 Å². The molecule has 116 valence electrons. The van der Waals surface area contributed by atoms with Gasteiger partial charge < -0.3 is 0 Å². The highest BCUT2D eigenvalue weighted by Gasteiger charge is 2.20. The summed E-state index contributed by atoms with van der Waals surface area (Å²) in [4.78, 5) is 0. The summed E-state index contributed by atoms with van der Waals surface area (Å²) in [6.07, 6.45) is 9.04. The van der Waals surface area contributed by atoms with Crippen LogP contribution in [0.25, 0.3) is 0 Å². The van der Waals surface area contributed by atoms with Crippen LogP contribution in [-0.2, 0) is 6.42 Å². The van der Waals surface area contributed by atoms with Crippen LogP contribution in [0.1, 0.15) is 71.5 Å². The van der Waals surface area contributed by atoms with Gasteiger partial charge in [-0.2, -0.15) is 5.10 Å². The van der Waals surface area contributed by atoms with Crippen molar-refractivity contribution in [2.24, 2.45) is 11.8 Å². The van der Waals surface area contributed by atoms with E-state index in [0.29, 0.717) is 18.0 Å². The molecule has 3 N–H and O–H groups in total. The van der Waals surface area contributed by atoms with Crippen molar-refractivity contribution >= 4 is 0 Å². The molecule has 1 aromatic rings. The summed E-state index contributed by atoms with van der Waals surface area (Å²) in [7, 11) is 0. The quantitative estimate of drug-likeness (QED) is 0.510. The van der Waals surface area contributed by atoms with Crippen LogP contribution in [0.15, 0.2) is 12.3 Å². The van der Waals surface area contributed by atoms with Crippen LogP contribution in [-0.4, -0.2) is 15.8 Å². The number of hydrogen-bond acceptors (Lipinski definition) is 3. The summed E-state index contributed by atoms with van der Waals surface area (Å²) in [6, 6.07) is 2.92. The molecule has 4 nitrogen and oxygen atoms in total. The summed E-state index contributed by atoms with van der Waals surface area (Å²) in [5.74, 6) is 6.41. The first-order chi connectivity index (χ1) is 9.65. The Morgan fingerprint density at radius 1 is 1.30 bits per heavy atom. The fraction of sp³-hybridized carbons (Fsp3) is 0.812. The van der Waals surface area contributed by atoms with Gasteiger partial charge in [0.2, 0.25) is 0 Å². The molecule has 0 saturated carbocycles. The SMILES string of the molecule is CCCCC(CC)C(Cc1ccn(C(C)CC)n1)NN. The Bertz CT molecular complexity index is 361. The van der Waals surface area contributed by atoms with E-state index < -0.39 is 0 Å². The third kappa shape index (κ3) is 4.91. The Kier molecular flexibility index (Phi) is 7.85. The molecule has 0 fully saturated rings. The molecule has 0 aliphatic rings. The molecule has 0 bridgehead atoms. The normalized spacial score (nSPS) is 16.1. The maximum atomic E-state index is 5.78. The third-order valence-corrected chi connectivity index (χ3v) is 4.37. The second kappa shape index (κ2) is 9.14. The monoisotopic (exact) mass is 280 g/mol. The van der Waals surface area contributed by atoms with Gasteiger partial charge in [0.05, 0.1) is 5.69 Å². The molecular formula is C16H32N4. The minimum absolute atomic E-state index is 0.326. The summed E-state index contributed by atoms with van der Waals surface area (Å²) >= 11 is 0. The van der Waals surface area contributed by atoms with Crippen molar-refractivity contribution in [1.82, 2.24) is 15.2 Å². The van der Waals surface area contributed by atoms with Crippen molar-refractivity contribution in [3.05, 3.63) is 18.0 Å². The maximum Gasteiger partial charge on any atom is 0.0640 e. The van der Waals surface area contributed by atoms with E-state index in [2.05, 4.69) is 55.2 Å². The zero-order chi connectivity index (χ0) is 15.0. The van der Waals surface area contributed by atoms with Gasteiger partial charge in [-0.1, -0.05) is 40.0 Å². The Hall–Kier alpha value is -0.870. The number of aromatic nitrogens is 2. The van der Waals surface area contributed by atoms with E-state index in [0.717, 1.165) is 18.5 Å². The Morgan fingerprint density at radius 2 is 2.05 bits per heavy atom. The molecule has 4 heteroatoms. The van der Waals surface area contributed by atoms with E-state index in [-0.39, 0.29) is 0 Å². The zero-order valence-corrected chi connectivity index (χ0v) is 13.6. The van der Waals surface area contributed by atoms with E-state index in [9.17, 15) is 0 Å². The van der Waals surface area contributed by atoms with Gasteiger partial charge in [0, 0.05) is 24.7 Å². The van der Waals surface area contributed by atoms with Crippen molar-refractivity contribution in [2.75, 3.05) is 0 Å². The predicted octanol–water partition coefficient (Wildman–Crippen LogP) is 3.44. The second-order valence-corrected chi connectivity index (χ2v) is 5.83. The Labute approximate surface area is 124 Å². The average Bonchev–Trinajstić information content (AvgIpc) is 2.94. The van der Waals surface area contributed by atoms with Crippen LogP contribution in [0.2, 0.25) is 0 Å². The highest BCUT2D eigenvalue weighted by molar-refractivity contribution is 5.03. The lowest BCUT2D eigenvalue weighted by molar-refractivity contribution is 0.315. The molecule has 3 unspecified atom stereocenters. The van der Waals surface area contributed by atoms with Gasteiger partial charge in [0.1, 0.15) is 0 Å². The van der Waals surface area contributed by atoms with Gasteiger partial charge in [-0.05, 0) is 31.7 Å². The average molecular weight is 280 g/mol. The number of unbranched alkanes of at least 4 members (excludes halogenated alkanes) is 1. The first-order valence-corrected chi connectivity index (χ1v) is 8.16. The minimum Gasteiger partial charge on any atom is -0.271 e. The molecule has 0 aliphatic heterocycles. The Balaban J connectivity index is 2.64. The molecule has 0 aromatic carbocycles. The number of nitrogens with one attached hydrogen (secondary N) is 1. The highest BCUT2D eigenvalue weighted by Crippen LogP contribution is 2.20. The lowest BCUT2D eigenvalue weighted by atomic mass is 9.89. The van der Waals surface area contributed by atoms with Crippen LogP contribution < -0.4 is 11.3 Å². The van der Waals surface area contributed by atoms with Gasteiger partial charge in [-0.25, -0.2) is 0 Å². The predicted molar refractivity (Wildman–Crippen MR) is 85.4 cm³/mol. The number of nitrogens with two attached hydrogens (primary N) is 1. The smallest absolute Gasteiger partial charge is 0.0640 e. The molecule has 0 spiro atoms.